The molecule has 1 fully saturated rings. The summed E-state index contributed by atoms with van der Waals surface area (Å²) in [7, 11) is 0. The molecular weight excluding hydrogens is 245 g/mol. The van der Waals surface area contributed by atoms with E-state index in [-0.39, 0.29) is 0 Å². The van der Waals surface area contributed by atoms with Gasteiger partial charge in [0.15, 0.2) is 0 Å². The monoisotopic (exact) mass is 260 g/mol. The number of aliphatic hydroxyl groups is 1. The summed E-state index contributed by atoms with van der Waals surface area (Å²) >= 11 is 0. The topological polar surface area (TPSA) is 35.5 Å². The van der Waals surface area contributed by atoms with Gasteiger partial charge in [-0.25, -0.2) is 0 Å². The van der Waals surface area contributed by atoms with Crippen LogP contribution in [0.5, 0.6) is 0 Å². The number of nitrogens with one attached hydrogen (secondary N) is 1. The highest BCUT2D eigenvalue weighted by Gasteiger charge is 2.30. The Kier molecular flexibility index (Phi) is 3.77. The van der Waals surface area contributed by atoms with Gasteiger partial charge in [-0.15, -0.1) is 0 Å². The molecule has 0 amide bonds. The Morgan fingerprint density at radius 1 is 1.22 bits per heavy atom. The first-order valence-electron chi connectivity index (χ1n) is 5.78. The Labute approximate surface area is 103 Å². The van der Waals surface area contributed by atoms with Gasteiger partial charge in [-0.1, -0.05) is 0 Å². The van der Waals surface area contributed by atoms with E-state index >= 15 is 0 Å². The summed E-state index contributed by atoms with van der Waals surface area (Å²) in [6.07, 6.45) is -4.81. The Morgan fingerprint density at radius 3 is 2.50 bits per heavy atom. The lowest BCUT2D eigenvalue weighted by Gasteiger charge is -2.24. The number of alkyl halides is 3. The zero-order chi connectivity index (χ0) is 13.2. The lowest BCUT2D eigenvalue weighted by Crippen LogP contribution is -2.32. The molecule has 1 atom stereocenters. The van der Waals surface area contributed by atoms with Gasteiger partial charge in [0.25, 0.3) is 0 Å². The molecule has 0 spiro atoms. The molecule has 0 saturated carbocycles. The average molecular weight is 260 g/mol. The second-order valence-electron chi connectivity index (χ2n) is 4.35. The van der Waals surface area contributed by atoms with Crippen LogP contribution in [0.15, 0.2) is 24.3 Å². The maximum Gasteiger partial charge on any atom is 0.416 e. The first-order valence-corrected chi connectivity index (χ1v) is 5.78. The van der Waals surface area contributed by atoms with E-state index in [1.54, 1.807) is 0 Å². The number of halogens is 3. The molecule has 1 saturated heterocycles. The van der Waals surface area contributed by atoms with Crippen molar-refractivity contribution < 1.29 is 18.3 Å². The second kappa shape index (κ2) is 5.16. The zero-order valence-electron chi connectivity index (χ0n) is 9.74. The summed E-state index contributed by atoms with van der Waals surface area (Å²) in [5, 5.41) is 12.7. The molecule has 0 aliphatic carbocycles. The summed E-state index contributed by atoms with van der Waals surface area (Å²) in [5.41, 5.74) is 0.0468. The highest BCUT2D eigenvalue weighted by Crippen LogP contribution is 2.30. The highest BCUT2D eigenvalue weighted by molar-refractivity contribution is 5.48. The summed E-state index contributed by atoms with van der Waals surface area (Å²) in [6.45, 7) is 2.32. The molecule has 1 aliphatic heterocycles. The minimum absolute atomic E-state index is 0.429. The van der Waals surface area contributed by atoms with E-state index in [0.717, 1.165) is 12.1 Å². The summed E-state index contributed by atoms with van der Waals surface area (Å²) < 4.78 is 37.3. The van der Waals surface area contributed by atoms with Crippen LogP contribution in [0.2, 0.25) is 0 Å². The van der Waals surface area contributed by atoms with Crippen LogP contribution in [0, 0.1) is 0 Å². The number of hydrogen-bond donors (Lipinski definition) is 2. The fraction of sp³-hybridized carbons (Fsp3) is 0.500. The largest absolute Gasteiger partial charge is 0.416 e. The van der Waals surface area contributed by atoms with Crippen molar-refractivity contribution in [1.29, 1.82) is 0 Å². The third-order valence-corrected chi connectivity index (χ3v) is 2.93. The van der Waals surface area contributed by atoms with Gasteiger partial charge in [-0.3, -0.25) is 0 Å². The van der Waals surface area contributed by atoms with Crippen LogP contribution in [0.4, 0.5) is 18.9 Å². The van der Waals surface area contributed by atoms with E-state index in [1.807, 2.05) is 4.90 Å². The normalized spacial score (nSPS) is 21.8. The minimum Gasteiger partial charge on any atom is -0.390 e. The van der Waals surface area contributed by atoms with Crippen LogP contribution in [0.25, 0.3) is 0 Å². The van der Waals surface area contributed by atoms with Gasteiger partial charge in [0.1, 0.15) is 0 Å². The number of hydrogen-bond acceptors (Lipinski definition) is 3. The molecule has 1 aliphatic rings. The van der Waals surface area contributed by atoms with Crippen molar-refractivity contribution in [2.24, 2.45) is 0 Å². The molecule has 0 aromatic heterocycles. The summed E-state index contributed by atoms with van der Waals surface area (Å²) in [5.74, 6) is 0. The predicted molar refractivity (Wildman–Crippen MR) is 62.5 cm³/mol. The number of benzene rings is 1. The Morgan fingerprint density at radius 2 is 1.89 bits per heavy atom. The van der Waals surface area contributed by atoms with Crippen LogP contribution in [0.1, 0.15) is 5.56 Å². The van der Waals surface area contributed by atoms with Crippen molar-refractivity contribution in [2.75, 3.05) is 31.1 Å². The Hall–Kier alpha value is -1.27. The highest BCUT2D eigenvalue weighted by atomic mass is 19.4. The number of rotatable bonds is 1. The number of nitrogens with zero attached hydrogens (tertiary/aromatic N) is 1. The maximum absolute atomic E-state index is 12.4. The van der Waals surface area contributed by atoms with Crippen molar-refractivity contribution in [1.82, 2.24) is 5.32 Å². The quantitative estimate of drug-likeness (QED) is 0.802. The van der Waals surface area contributed by atoms with Crippen LogP contribution < -0.4 is 10.2 Å². The van der Waals surface area contributed by atoms with Crippen molar-refractivity contribution in [3.05, 3.63) is 29.8 Å². The molecule has 0 bridgehead atoms. The number of β-amino-alcohol motifs (C(OH)–C–C–N with tert-alkyl or cyclic N) is 1. The molecule has 0 radical (unpaired) electrons. The van der Waals surface area contributed by atoms with Crippen molar-refractivity contribution >= 4 is 5.69 Å². The van der Waals surface area contributed by atoms with E-state index in [2.05, 4.69) is 5.32 Å². The molecule has 100 valence electrons. The van der Waals surface area contributed by atoms with Crippen LogP contribution in [-0.4, -0.2) is 37.4 Å². The fourth-order valence-electron chi connectivity index (χ4n) is 1.99. The molecule has 1 aromatic rings. The lowest BCUT2D eigenvalue weighted by molar-refractivity contribution is -0.137. The maximum atomic E-state index is 12.4. The first kappa shape index (κ1) is 13.2. The second-order valence-corrected chi connectivity index (χ2v) is 4.35. The molecule has 2 rings (SSSR count). The van der Waals surface area contributed by atoms with Crippen molar-refractivity contribution in [3.8, 4) is 0 Å². The minimum atomic E-state index is -4.31. The first-order chi connectivity index (χ1) is 8.47. The smallest absolute Gasteiger partial charge is 0.390 e. The lowest BCUT2D eigenvalue weighted by atomic mass is 10.2. The standard InChI is InChI=1S/C12H15F3N2O/c13-12(14,15)9-1-3-10(4-2-9)17-6-5-16-7-11(18)8-17/h1-4,11,16,18H,5-8H2. The van der Waals surface area contributed by atoms with Gasteiger partial charge in [0.05, 0.1) is 11.7 Å². The SMILES string of the molecule is OC1CNCCN(c2ccc(C(F)(F)F)cc2)C1. The molecular formula is C12H15F3N2O. The third-order valence-electron chi connectivity index (χ3n) is 2.93. The van der Waals surface area contributed by atoms with E-state index < -0.39 is 17.8 Å². The average Bonchev–Trinajstić information content (AvgIpc) is 2.53. The molecule has 6 heteroatoms. The van der Waals surface area contributed by atoms with Gasteiger partial charge in [0, 0.05) is 31.9 Å². The van der Waals surface area contributed by atoms with Gasteiger partial charge in [0.2, 0.25) is 0 Å². The van der Waals surface area contributed by atoms with Gasteiger partial charge in [-0.2, -0.15) is 13.2 Å². The van der Waals surface area contributed by atoms with Crippen molar-refractivity contribution in [2.45, 2.75) is 12.3 Å². The Bertz CT molecular complexity index is 391. The predicted octanol–water partition coefficient (Wildman–Crippen LogP) is 1.48. The number of anilines is 1. The van der Waals surface area contributed by atoms with Crippen LogP contribution >= 0.6 is 0 Å². The van der Waals surface area contributed by atoms with Gasteiger partial charge in [-0.05, 0) is 24.3 Å². The van der Waals surface area contributed by atoms with Gasteiger partial charge >= 0.3 is 6.18 Å². The summed E-state index contributed by atoms with van der Waals surface area (Å²) in [6, 6.07) is 5.03. The van der Waals surface area contributed by atoms with Crippen molar-refractivity contribution in [3.63, 3.8) is 0 Å². The van der Waals surface area contributed by atoms with Crippen LogP contribution in [0.3, 0.4) is 0 Å². The molecule has 18 heavy (non-hydrogen) atoms. The molecule has 1 heterocycles. The van der Waals surface area contributed by atoms with E-state index in [1.165, 1.54) is 12.1 Å². The van der Waals surface area contributed by atoms with Crippen LogP contribution in [-0.2, 0) is 6.18 Å². The van der Waals surface area contributed by atoms with E-state index in [0.29, 0.717) is 31.9 Å². The number of aliphatic hydroxyl groups excluding tert-OH is 1. The summed E-state index contributed by atoms with van der Waals surface area (Å²) in [4.78, 5) is 1.88. The van der Waals surface area contributed by atoms with E-state index in [9.17, 15) is 18.3 Å². The Balaban J connectivity index is 2.13. The molecule has 2 N–H and O–H groups in total. The van der Waals surface area contributed by atoms with Gasteiger partial charge < -0.3 is 15.3 Å². The zero-order valence-corrected chi connectivity index (χ0v) is 9.74. The molecule has 3 nitrogen and oxygen atoms in total. The molecule has 1 unspecified atom stereocenters. The molecule has 1 aromatic carbocycles. The third kappa shape index (κ3) is 3.14. The van der Waals surface area contributed by atoms with E-state index in [4.69, 9.17) is 0 Å². The fourth-order valence-corrected chi connectivity index (χ4v) is 1.99.